The van der Waals surface area contributed by atoms with Gasteiger partial charge in [0.2, 0.25) is 5.95 Å². The molecule has 0 atom stereocenters. The zero-order valence-corrected chi connectivity index (χ0v) is 11.0. The van der Waals surface area contributed by atoms with Crippen molar-refractivity contribution in [2.75, 3.05) is 23.7 Å². The molecule has 0 radical (unpaired) electrons. The molecule has 6 heteroatoms. The van der Waals surface area contributed by atoms with E-state index < -0.39 is 0 Å². The van der Waals surface area contributed by atoms with E-state index in [-0.39, 0.29) is 0 Å². The summed E-state index contributed by atoms with van der Waals surface area (Å²) < 4.78 is 0. The summed E-state index contributed by atoms with van der Waals surface area (Å²) in [5, 5.41) is 7.77. The van der Waals surface area contributed by atoms with E-state index in [2.05, 4.69) is 25.1 Å². The maximum atomic E-state index is 5.69. The number of aromatic nitrogens is 4. The van der Waals surface area contributed by atoms with Gasteiger partial charge in [0.15, 0.2) is 5.65 Å². The first-order chi connectivity index (χ1) is 8.84. The number of anilines is 2. The molecule has 18 heavy (non-hydrogen) atoms. The molecule has 0 bridgehead atoms. The molecule has 98 valence electrons. The molecule has 0 amide bonds. The Bertz CT molecular complexity index is 500. The summed E-state index contributed by atoms with van der Waals surface area (Å²) in [6, 6.07) is 0. The van der Waals surface area contributed by atoms with E-state index in [1.807, 2.05) is 13.8 Å². The normalized spacial score (nSPS) is 15.3. The van der Waals surface area contributed by atoms with Crippen molar-refractivity contribution in [3.8, 4) is 0 Å². The molecular formula is C12H20N6. The Morgan fingerprint density at radius 2 is 1.89 bits per heavy atom. The standard InChI is InChI=1S/C10H14N6.C2H6/c11-10-13-8-7(6-12-15-8)9(14-10)16-4-2-1-3-5-16;1-2/h6H,1-5H2,(H3,11,12,13,14,15);1-2H3. The highest BCUT2D eigenvalue weighted by molar-refractivity contribution is 5.87. The maximum absolute atomic E-state index is 5.69. The van der Waals surface area contributed by atoms with Crippen molar-refractivity contribution in [1.82, 2.24) is 20.2 Å². The van der Waals surface area contributed by atoms with E-state index in [0.717, 1.165) is 24.3 Å². The Morgan fingerprint density at radius 3 is 2.61 bits per heavy atom. The van der Waals surface area contributed by atoms with E-state index >= 15 is 0 Å². The summed E-state index contributed by atoms with van der Waals surface area (Å²) in [5.74, 6) is 1.22. The van der Waals surface area contributed by atoms with Gasteiger partial charge in [-0.05, 0) is 19.3 Å². The fourth-order valence-corrected chi connectivity index (χ4v) is 2.18. The van der Waals surface area contributed by atoms with Crippen LogP contribution in [0.4, 0.5) is 11.8 Å². The highest BCUT2D eigenvalue weighted by Crippen LogP contribution is 2.25. The van der Waals surface area contributed by atoms with Crippen LogP contribution in [0.1, 0.15) is 33.1 Å². The van der Waals surface area contributed by atoms with Gasteiger partial charge in [-0.25, -0.2) is 0 Å². The SMILES string of the molecule is CC.Nc1nc(N2CCCCC2)c2cn[nH]c2n1. The smallest absolute Gasteiger partial charge is 0.224 e. The number of piperidine rings is 1. The molecule has 0 spiro atoms. The molecule has 1 fully saturated rings. The Morgan fingerprint density at radius 1 is 1.17 bits per heavy atom. The summed E-state index contributed by atoms with van der Waals surface area (Å²) in [7, 11) is 0. The summed E-state index contributed by atoms with van der Waals surface area (Å²) in [6.07, 6.45) is 5.48. The Balaban J connectivity index is 0.000000574. The number of hydrogen-bond acceptors (Lipinski definition) is 5. The molecule has 3 N–H and O–H groups in total. The van der Waals surface area contributed by atoms with Gasteiger partial charge in [0.05, 0.1) is 11.6 Å². The predicted octanol–water partition coefficient (Wildman–Crippen LogP) is 1.95. The second-order valence-corrected chi connectivity index (χ2v) is 4.09. The zero-order chi connectivity index (χ0) is 13.0. The van der Waals surface area contributed by atoms with Gasteiger partial charge in [-0.3, -0.25) is 5.10 Å². The highest BCUT2D eigenvalue weighted by Gasteiger charge is 2.17. The van der Waals surface area contributed by atoms with Crippen molar-refractivity contribution >= 4 is 22.8 Å². The molecular weight excluding hydrogens is 228 g/mol. The van der Waals surface area contributed by atoms with Crippen LogP contribution in [0.15, 0.2) is 6.20 Å². The number of aromatic amines is 1. The summed E-state index contributed by atoms with van der Waals surface area (Å²) in [5.41, 5.74) is 6.41. The van der Waals surface area contributed by atoms with Gasteiger partial charge >= 0.3 is 0 Å². The predicted molar refractivity (Wildman–Crippen MR) is 73.5 cm³/mol. The maximum Gasteiger partial charge on any atom is 0.224 e. The van der Waals surface area contributed by atoms with E-state index in [1.54, 1.807) is 6.20 Å². The molecule has 3 rings (SSSR count). The van der Waals surface area contributed by atoms with Crippen LogP contribution in [0.2, 0.25) is 0 Å². The minimum atomic E-state index is 0.303. The van der Waals surface area contributed by atoms with Gasteiger partial charge in [0.25, 0.3) is 0 Å². The van der Waals surface area contributed by atoms with Gasteiger partial charge in [-0.2, -0.15) is 15.1 Å². The van der Waals surface area contributed by atoms with Crippen LogP contribution < -0.4 is 10.6 Å². The second-order valence-electron chi connectivity index (χ2n) is 4.09. The van der Waals surface area contributed by atoms with Crippen LogP contribution in [-0.2, 0) is 0 Å². The van der Waals surface area contributed by atoms with Crippen LogP contribution in [0, 0.1) is 0 Å². The quantitative estimate of drug-likeness (QED) is 0.806. The molecule has 1 aliphatic rings. The first-order valence-electron chi connectivity index (χ1n) is 6.56. The number of rotatable bonds is 1. The molecule has 3 heterocycles. The first kappa shape index (κ1) is 12.6. The number of nitrogens with one attached hydrogen (secondary N) is 1. The van der Waals surface area contributed by atoms with Crippen molar-refractivity contribution in [1.29, 1.82) is 0 Å². The largest absolute Gasteiger partial charge is 0.368 e. The molecule has 0 unspecified atom stereocenters. The lowest BCUT2D eigenvalue weighted by molar-refractivity contribution is 0.575. The van der Waals surface area contributed by atoms with Crippen molar-refractivity contribution in [2.24, 2.45) is 0 Å². The molecule has 0 saturated carbocycles. The molecule has 1 saturated heterocycles. The van der Waals surface area contributed by atoms with Crippen LogP contribution in [0.3, 0.4) is 0 Å². The van der Waals surface area contributed by atoms with E-state index in [0.29, 0.717) is 11.6 Å². The zero-order valence-electron chi connectivity index (χ0n) is 11.0. The lowest BCUT2D eigenvalue weighted by Gasteiger charge is -2.27. The molecule has 2 aromatic rings. The number of nitrogen functional groups attached to an aromatic ring is 1. The van der Waals surface area contributed by atoms with Crippen LogP contribution in [0.25, 0.3) is 11.0 Å². The molecule has 0 aromatic carbocycles. The number of fused-ring (bicyclic) bond motifs is 1. The Kier molecular flexibility index (Phi) is 3.96. The Hall–Kier alpha value is -1.85. The second kappa shape index (κ2) is 5.66. The van der Waals surface area contributed by atoms with Crippen molar-refractivity contribution in [3.05, 3.63) is 6.20 Å². The van der Waals surface area contributed by atoms with Crippen molar-refractivity contribution in [3.63, 3.8) is 0 Å². The fraction of sp³-hybridized carbons (Fsp3) is 0.583. The molecule has 6 nitrogen and oxygen atoms in total. The fourth-order valence-electron chi connectivity index (χ4n) is 2.18. The number of H-pyrrole nitrogens is 1. The average Bonchev–Trinajstić information content (AvgIpc) is 2.89. The monoisotopic (exact) mass is 248 g/mol. The van der Waals surface area contributed by atoms with Crippen molar-refractivity contribution < 1.29 is 0 Å². The van der Waals surface area contributed by atoms with E-state index in [4.69, 9.17) is 5.73 Å². The summed E-state index contributed by atoms with van der Waals surface area (Å²) >= 11 is 0. The topological polar surface area (TPSA) is 83.7 Å². The Labute approximate surface area is 107 Å². The van der Waals surface area contributed by atoms with Crippen LogP contribution in [0.5, 0.6) is 0 Å². The minimum absolute atomic E-state index is 0.303. The van der Waals surface area contributed by atoms with E-state index in [1.165, 1.54) is 19.3 Å². The average molecular weight is 248 g/mol. The third kappa shape index (κ3) is 2.37. The number of nitrogens with zero attached hydrogens (tertiary/aromatic N) is 4. The highest BCUT2D eigenvalue weighted by atomic mass is 15.2. The number of hydrogen-bond donors (Lipinski definition) is 2. The third-order valence-electron chi connectivity index (χ3n) is 2.96. The first-order valence-corrected chi connectivity index (χ1v) is 6.56. The summed E-state index contributed by atoms with van der Waals surface area (Å²) in [6.45, 7) is 6.08. The van der Waals surface area contributed by atoms with Gasteiger partial charge in [-0.1, -0.05) is 13.8 Å². The third-order valence-corrected chi connectivity index (χ3v) is 2.96. The summed E-state index contributed by atoms with van der Waals surface area (Å²) in [4.78, 5) is 10.7. The van der Waals surface area contributed by atoms with E-state index in [9.17, 15) is 0 Å². The van der Waals surface area contributed by atoms with Crippen LogP contribution in [-0.4, -0.2) is 33.3 Å². The molecule has 2 aromatic heterocycles. The van der Waals surface area contributed by atoms with Gasteiger partial charge in [0.1, 0.15) is 5.82 Å². The minimum Gasteiger partial charge on any atom is -0.368 e. The van der Waals surface area contributed by atoms with Gasteiger partial charge in [-0.15, -0.1) is 0 Å². The molecule has 0 aliphatic carbocycles. The van der Waals surface area contributed by atoms with Gasteiger partial charge in [0, 0.05) is 13.1 Å². The number of nitrogens with two attached hydrogens (primary N) is 1. The lowest BCUT2D eigenvalue weighted by Crippen LogP contribution is -2.30. The van der Waals surface area contributed by atoms with Crippen LogP contribution >= 0.6 is 0 Å². The molecule has 1 aliphatic heterocycles. The lowest BCUT2D eigenvalue weighted by atomic mass is 10.1. The van der Waals surface area contributed by atoms with Crippen molar-refractivity contribution in [2.45, 2.75) is 33.1 Å². The van der Waals surface area contributed by atoms with Gasteiger partial charge < -0.3 is 10.6 Å².